The standard InChI is InChI=1S/C15H20N2O3/c1-9-5-4-6-13(10(9)2)20-11(3)14(18)16-17-15(19)12-7-8-12/h4-6,11-12H,7-8H2,1-3H3,(H,16,18)(H,17,19)/t11-/m0/s1. The van der Waals surface area contributed by atoms with Gasteiger partial charge in [-0.15, -0.1) is 0 Å². The average molecular weight is 276 g/mol. The second-order valence-electron chi connectivity index (χ2n) is 5.21. The molecular formula is C15H20N2O3. The first-order valence-electron chi connectivity index (χ1n) is 6.81. The largest absolute Gasteiger partial charge is 0.481 e. The molecule has 1 atom stereocenters. The van der Waals surface area contributed by atoms with E-state index in [1.807, 2.05) is 32.0 Å². The summed E-state index contributed by atoms with van der Waals surface area (Å²) >= 11 is 0. The molecule has 0 saturated heterocycles. The Labute approximate surface area is 118 Å². The van der Waals surface area contributed by atoms with Crippen LogP contribution in [0.3, 0.4) is 0 Å². The smallest absolute Gasteiger partial charge is 0.279 e. The zero-order chi connectivity index (χ0) is 14.7. The second kappa shape index (κ2) is 5.94. The maximum atomic E-state index is 11.8. The van der Waals surface area contributed by atoms with Crippen molar-refractivity contribution in [3.63, 3.8) is 0 Å². The van der Waals surface area contributed by atoms with Crippen LogP contribution in [0.5, 0.6) is 5.75 Å². The number of rotatable bonds is 4. The number of hydrazine groups is 1. The van der Waals surface area contributed by atoms with Crippen LogP contribution >= 0.6 is 0 Å². The van der Waals surface area contributed by atoms with E-state index in [1.54, 1.807) is 6.92 Å². The summed E-state index contributed by atoms with van der Waals surface area (Å²) < 4.78 is 5.63. The van der Waals surface area contributed by atoms with Gasteiger partial charge in [0.05, 0.1) is 0 Å². The number of amides is 2. The van der Waals surface area contributed by atoms with E-state index in [0.29, 0.717) is 5.75 Å². The number of nitrogens with one attached hydrogen (secondary N) is 2. The van der Waals surface area contributed by atoms with Crippen molar-refractivity contribution in [3.8, 4) is 5.75 Å². The Morgan fingerprint density at radius 1 is 1.25 bits per heavy atom. The number of hydrogen-bond acceptors (Lipinski definition) is 3. The van der Waals surface area contributed by atoms with Gasteiger partial charge in [-0.2, -0.15) is 0 Å². The Morgan fingerprint density at radius 2 is 1.95 bits per heavy atom. The van der Waals surface area contributed by atoms with Crippen molar-refractivity contribution in [2.24, 2.45) is 5.92 Å². The third-order valence-electron chi connectivity index (χ3n) is 3.48. The molecule has 5 heteroatoms. The molecule has 0 heterocycles. The molecule has 0 radical (unpaired) electrons. The lowest BCUT2D eigenvalue weighted by molar-refractivity contribution is -0.133. The number of carbonyl (C=O) groups is 2. The highest BCUT2D eigenvalue weighted by molar-refractivity contribution is 5.86. The van der Waals surface area contributed by atoms with E-state index in [0.717, 1.165) is 24.0 Å². The van der Waals surface area contributed by atoms with Gasteiger partial charge in [-0.25, -0.2) is 0 Å². The highest BCUT2D eigenvalue weighted by atomic mass is 16.5. The Morgan fingerprint density at radius 3 is 2.60 bits per heavy atom. The maximum absolute atomic E-state index is 11.8. The molecule has 2 amide bonds. The predicted octanol–water partition coefficient (Wildman–Crippen LogP) is 1.63. The minimum atomic E-state index is -0.671. The molecule has 1 saturated carbocycles. The summed E-state index contributed by atoms with van der Waals surface area (Å²) in [4.78, 5) is 23.3. The van der Waals surface area contributed by atoms with Crippen LogP contribution in [0.4, 0.5) is 0 Å². The molecule has 1 aromatic rings. The normalized spacial score (nSPS) is 15.3. The number of carbonyl (C=O) groups excluding carboxylic acids is 2. The molecule has 0 spiro atoms. The summed E-state index contributed by atoms with van der Waals surface area (Å²) in [5.74, 6) is 0.254. The summed E-state index contributed by atoms with van der Waals surface area (Å²) in [6.45, 7) is 5.59. The summed E-state index contributed by atoms with van der Waals surface area (Å²) in [5.41, 5.74) is 6.93. The lowest BCUT2D eigenvalue weighted by Gasteiger charge is -2.17. The van der Waals surface area contributed by atoms with Gasteiger partial charge in [-0.1, -0.05) is 12.1 Å². The van der Waals surface area contributed by atoms with E-state index in [9.17, 15) is 9.59 Å². The van der Waals surface area contributed by atoms with E-state index >= 15 is 0 Å². The first-order chi connectivity index (χ1) is 9.49. The summed E-state index contributed by atoms with van der Waals surface area (Å²) in [7, 11) is 0. The van der Waals surface area contributed by atoms with Crippen molar-refractivity contribution in [1.29, 1.82) is 0 Å². The minimum Gasteiger partial charge on any atom is -0.481 e. The van der Waals surface area contributed by atoms with Crippen LogP contribution < -0.4 is 15.6 Å². The van der Waals surface area contributed by atoms with Crippen molar-refractivity contribution >= 4 is 11.8 Å². The fraction of sp³-hybridized carbons (Fsp3) is 0.467. The molecular weight excluding hydrogens is 256 g/mol. The van der Waals surface area contributed by atoms with E-state index in [1.165, 1.54) is 0 Å². The third kappa shape index (κ3) is 3.50. The van der Waals surface area contributed by atoms with Gasteiger partial charge >= 0.3 is 0 Å². The van der Waals surface area contributed by atoms with Gasteiger partial charge in [0, 0.05) is 5.92 Å². The third-order valence-corrected chi connectivity index (χ3v) is 3.48. The van der Waals surface area contributed by atoms with Crippen molar-refractivity contribution < 1.29 is 14.3 Å². The van der Waals surface area contributed by atoms with E-state index < -0.39 is 6.10 Å². The van der Waals surface area contributed by atoms with E-state index in [4.69, 9.17) is 4.74 Å². The molecule has 5 nitrogen and oxygen atoms in total. The second-order valence-corrected chi connectivity index (χ2v) is 5.21. The zero-order valence-corrected chi connectivity index (χ0v) is 12.0. The van der Waals surface area contributed by atoms with Gasteiger partial charge in [-0.3, -0.25) is 20.4 Å². The first-order valence-corrected chi connectivity index (χ1v) is 6.81. The van der Waals surface area contributed by atoms with E-state index in [2.05, 4.69) is 10.9 Å². The number of benzene rings is 1. The summed E-state index contributed by atoms with van der Waals surface area (Å²) in [6, 6.07) is 5.70. The first kappa shape index (κ1) is 14.4. The highest BCUT2D eigenvalue weighted by Crippen LogP contribution is 2.28. The molecule has 0 aliphatic heterocycles. The van der Waals surface area contributed by atoms with Crippen LogP contribution in [0.1, 0.15) is 30.9 Å². The lowest BCUT2D eigenvalue weighted by atomic mass is 10.1. The van der Waals surface area contributed by atoms with Crippen LogP contribution in [0.25, 0.3) is 0 Å². The lowest BCUT2D eigenvalue weighted by Crippen LogP contribution is -2.47. The van der Waals surface area contributed by atoms with Crippen LogP contribution in [0.2, 0.25) is 0 Å². The quantitative estimate of drug-likeness (QED) is 0.821. The molecule has 1 fully saturated rings. The molecule has 1 aliphatic carbocycles. The molecule has 1 aromatic carbocycles. The van der Waals surface area contributed by atoms with Crippen molar-refractivity contribution in [2.75, 3.05) is 0 Å². The monoisotopic (exact) mass is 276 g/mol. The molecule has 0 unspecified atom stereocenters. The molecule has 0 aromatic heterocycles. The maximum Gasteiger partial charge on any atom is 0.279 e. The average Bonchev–Trinajstić information content (AvgIpc) is 3.25. The Hall–Kier alpha value is -2.04. The molecule has 108 valence electrons. The Bertz CT molecular complexity index is 524. The zero-order valence-electron chi connectivity index (χ0n) is 12.0. The van der Waals surface area contributed by atoms with Crippen molar-refractivity contribution in [3.05, 3.63) is 29.3 Å². The number of hydrogen-bond donors (Lipinski definition) is 2. The number of aryl methyl sites for hydroxylation is 1. The molecule has 1 aliphatic rings. The molecule has 2 N–H and O–H groups in total. The van der Waals surface area contributed by atoms with Crippen LogP contribution in [0, 0.1) is 19.8 Å². The van der Waals surface area contributed by atoms with Crippen molar-refractivity contribution in [1.82, 2.24) is 10.9 Å². The Balaban J connectivity index is 1.86. The minimum absolute atomic E-state index is 0.0607. The van der Waals surface area contributed by atoms with Crippen LogP contribution in [0.15, 0.2) is 18.2 Å². The van der Waals surface area contributed by atoms with Gasteiger partial charge in [0.25, 0.3) is 5.91 Å². The highest BCUT2D eigenvalue weighted by Gasteiger charge is 2.30. The fourth-order valence-corrected chi connectivity index (χ4v) is 1.77. The fourth-order valence-electron chi connectivity index (χ4n) is 1.77. The van der Waals surface area contributed by atoms with Gasteiger partial charge in [0.1, 0.15) is 5.75 Å². The topological polar surface area (TPSA) is 67.4 Å². The van der Waals surface area contributed by atoms with Crippen LogP contribution in [-0.2, 0) is 9.59 Å². The summed E-state index contributed by atoms with van der Waals surface area (Å²) in [6.07, 6.45) is 1.13. The number of ether oxygens (including phenoxy) is 1. The van der Waals surface area contributed by atoms with Gasteiger partial charge in [-0.05, 0) is 50.8 Å². The van der Waals surface area contributed by atoms with Crippen molar-refractivity contribution in [2.45, 2.75) is 39.7 Å². The molecule has 0 bridgehead atoms. The van der Waals surface area contributed by atoms with Gasteiger partial charge < -0.3 is 4.74 Å². The molecule has 2 rings (SSSR count). The summed E-state index contributed by atoms with van der Waals surface area (Å²) in [5, 5.41) is 0. The SMILES string of the molecule is Cc1cccc(O[C@@H](C)C(=O)NNC(=O)C2CC2)c1C. The van der Waals surface area contributed by atoms with Crippen LogP contribution in [-0.4, -0.2) is 17.9 Å². The molecule has 20 heavy (non-hydrogen) atoms. The van der Waals surface area contributed by atoms with Gasteiger partial charge in [0.2, 0.25) is 5.91 Å². The van der Waals surface area contributed by atoms with E-state index in [-0.39, 0.29) is 17.7 Å². The predicted molar refractivity (Wildman–Crippen MR) is 75.0 cm³/mol. The van der Waals surface area contributed by atoms with Gasteiger partial charge in [0.15, 0.2) is 6.10 Å². The Kier molecular flexibility index (Phi) is 4.27.